The highest BCUT2D eigenvalue weighted by molar-refractivity contribution is 5.37. The first-order valence-electron chi connectivity index (χ1n) is 8.46. The summed E-state index contributed by atoms with van der Waals surface area (Å²) in [6.45, 7) is 4.74. The Morgan fingerprint density at radius 3 is 3.10 bits per heavy atom. The third-order valence-electron chi connectivity index (χ3n) is 5.74. The fraction of sp³-hybridized carbons (Fsp3) is 0.667. The summed E-state index contributed by atoms with van der Waals surface area (Å²) >= 11 is 0. The van der Waals surface area contributed by atoms with Crippen LogP contribution in [0.3, 0.4) is 0 Å². The van der Waals surface area contributed by atoms with Gasteiger partial charge in [0.15, 0.2) is 0 Å². The largest absolute Gasteiger partial charge is 0.312 e. The lowest BCUT2D eigenvalue weighted by molar-refractivity contribution is 0.175. The van der Waals surface area contributed by atoms with Gasteiger partial charge in [0.05, 0.1) is 0 Å². The number of hydrogen-bond donors (Lipinski definition) is 1. The van der Waals surface area contributed by atoms with Crippen molar-refractivity contribution < 1.29 is 0 Å². The van der Waals surface area contributed by atoms with Crippen LogP contribution in [-0.4, -0.2) is 24.0 Å². The molecule has 0 bridgehead atoms. The maximum atomic E-state index is 3.49. The predicted molar refractivity (Wildman–Crippen MR) is 82.6 cm³/mol. The molecule has 2 unspecified atom stereocenters. The van der Waals surface area contributed by atoms with Crippen molar-refractivity contribution in [2.45, 2.75) is 57.7 Å². The minimum absolute atomic E-state index is 0.890. The average Bonchev–Trinajstić information content (AvgIpc) is 2.91. The molecule has 1 saturated heterocycles. The normalized spacial score (nSPS) is 30.0. The molecule has 1 N–H and O–H groups in total. The lowest BCUT2D eigenvalue weighted by atomic mass is 9.85. The van der Waals surface area contributed by atoms with Crippen LogP contribution in [0.15, 0.2) is 18.2 Å². The Balaban J connectivity index is 1.54. The van der Waals surface area contributed by atoms with Crippen LogP contribution in [0, 0.1) is 5.92 Å². The summed E-state index contributed by atoms with van der Waals surface area (Å²) in [6, 6.07) is 7.83. The van der Waals surface area contributed by atoms with Crippen LogP contribution in [0.2, 0.25) is 0 Å². The molecule has 1 aromatic carbocycles. The van der Waals surface area contributed by atoms with Crippen LogP contribution >= 0.6 is 0 Å². The quantitative estimate of drug-likeness (QED) is 0.888. The Kier molecular flexibility index (Phi) is 3.53. The molecule has 0 radical (unpaired) electrons. The van der Waals surface area contributed by atoms with Gasteiger partial charge in [0, 0.05) is 19.1 Å². The highest BCUT2D eigenvalue weighted by Gasteiger charge is 2.35. The van der Waals surface area contributed by atoms with Crippen LogP contribution in [0.25, 0.3) is 0 Å². The zero-order chi connectivity index (χ0) is 13.4. The number of fused-ring (bicyclic) bond motifs is 2. The Morgan fingerprint density at radius 1 is 1.15 bits per heavy atom. The van der Waals surface area contributed by atoms with Gasteiger partial charge < -0.3 is 5.32 Å². The molecule has 108 valence electrons. The molecule has 3 aliphatic rings. The molecule has 20 heavy (non-hydrogen) atoms. The van der Waals surface area contributed by atoms with E-state index in [0.29, 0.717) is 0 Å². The van der Waals surface area contributed by atoms with Crippen molar-refractivity contribution in [1.29, 1.82) is 0 Å². The van der Waals surface area contributed by atoms with Gasteiger partial charge in [0.1, 0.15) is 0 Å². The van der Waals surface area contributed by atoms with Crippen molar-refractivity contribution >= 4 is 0 Å². The van der Waals surface area contributed by atoms with Crippen molar-refractivity contribution in [3.63, 3.8) is 0 Å². The highest BCUT2D eigenvalue weighted by atomic mass is 15.2. The van der Waals surface area contributed by atoms with Gasteiger partial charge in [-0.1, -0.05) is 31.0 Å². The molecule has 2 atom stereocenters. The van der Waals surface area contributed by atoms with Gasteiger partial charge in [-0.15, -0.1) is 0 Å². The van der Waals surface area contributed by atoms with E-state index in [1.165, 1.54) is 57.2 Å². The predicted octanol–water partition coefficient (Wildman–Crippen LogP) is 3.10. The van der Waals surface area contributed by atoms with Crippen molar-refractivity contribution in [2.24, 2.45) is 5.92 Å². The molecule has 1 aromatic rings. The topological polar surface area (TPSA) is 15.3 Å². The fourth-order valence-electron chi connectivity index (χ4n) is 4.68. The number of rotatable bonds is 2. The lowest BCUT2D eigenvalue weighted by Crippen LogP contribution is -2.35. The van der Waals surface area contributed by atoms with Gasteiger partial charge in [-0.2, -0.15) is 0 Å². The second-order valence-corrected chi connectivity index (χ2v) is 6.85. The fourth-order valence-corrected chi connectivity index (χ4v) is 4.68. The smallest absolute Gasteiger partial charge is 0.0239 e. The van der Waals surface area contributed by atoms with E-state index in [1.54, 1.807) is 11.1 Å². The molecule has 1 saturated carbocycles. The number of likely N-dealkylation sites (tertiary alicyclic amines) is 1. The van der Waals surface area contributed by atoms with Crippen LogP contribution in [0.5, 0.6) is 0 Å². The monoisotopic (exact) mass is 270 g/mol. The maximum absolute atomic E-state index is 3.49. The molecule has 2 heteroatoms. The van der Waals surface area contributed by atoms with E-state index in [-0.39, 0.29) is 0 Å². The first-order chi connectivity index (χ1) is 9.92. The molecule has 2 aliphatic heterocycles. The molecule has 0 amide bonds. The van der Waals surface area contributed by atoms with Crippen LogP contribution < -0.4 is 5.32 Å². The summed E-state index contributed by atoms with van der Waals surface area (Å²) in [4.78, 5) is 2.79. The molecular weight excluding hydrogens is 244 g/mol. The van der Waals surface area contributed by atoms with E-state index in [4.69, 9.17) is 0 Å². The number of hydrogen-bond acceptors (Lipinski definition) is 2. The van der Waals surface area contributed by atoms with Gasteiger partial charge in [0.2, 0.25) is 0 Å². The zero-order valence-electron chi connectivity index (χ0n) is 12.4. The highest BCUT2D eigenvalue weighted by Crippen LogP contribution is 2.37. The molecule has 4 rings (SSSR count). The lowest BCUT2D eigenvalue weighted by Gasteiger charge is -2.32. The molecule has 1 aliphatic carbocycles. The van der Waals surface area contributed by atoms with Gasteiger partial charge in [-0.25, -0.2) is 0 Å². The standard InChI is InChI=1S/C18H26N2/c1-2-7-18-14(4-1)9-11-20(18)13-16-6-3-5-15-12-19-10-8-17(15)16/h3,5-6,14,18-19H,1-2,4,7-13H2. The number of nitrogens with zero attached hydrogens (tertiary/aromatic N) is 1. The number of nitrogens with one attached hydrogen (secondary N) is 1. The molecule has 2 nitrogen and oxygen atoms in total. The van der Waals surface area contributed by atoms with Gasteiger partial charge in [-0.05, 0) is 61.4 Å². The minimum atomic E-state index is 0.890. The van der Waals surface area contributed by atoms with E-state index in [2.05, 4.69) is 28.4 Å². The van der Waals surface area contributed by atoms with Crippen LogP contribution in [0.1, 0.15) is 48.8 Å². The average molecular weight is 270 g/mol. The molecule has 0 aromatic heterocycles. The SMILES string of the molecule is c1cc2c(c(CN3CCC4CCCCC43)c1)CCNC2. The van der Waals surface area contributed by atoms with E-state index < -0.39 is 0 Å². The zero-order valence-corrected chi connectivity index (χ0v) is 12.4. The summed E-state index contributed by atoms with van der Waals surface area (Å²) in [5.41, 5.74) is 4.79. The first kappa shape index (κ1) is 12.8. The second-order valence-electron chi connectivity index (χ2n) is 6.85. The molecule has 2 fully saturated rings. The third kappa shape index (κ3) is 2.29. The van der Waals surface area contributed by atoms with E-state index in [9.17, 15) is 0 Å². The van der Waals surface area contributed by atoms with Gasteiger partial charge in [0.25, 0.3) is 0 Å². The van der Waals surface area contributed by atoms with Crippen molar-refractivity contribution in [2.75, 3.05) is 13.1 Å². The third-order valence-corrected chi connectivity index (χ3v) is 5.74. The van der Waals surface area contributed by atoms with Crippen LogP contribution in [0.4, 0.5) is 0 Å². The van der Waals surface area contributed by atoms with E-state index >= 15 is 0 Å². The molecule has 2 heterocycles. The molecular formula is C18H26N2. The van der Waals surface area contributed by atoms with E-state index in [0.717, 1.165) is 25.0 Å². The van der Waals surface area contributed by atoms with Crippen LogP contribution in [-0.2, 0) is 19.5 Å². The van der Waals surface area contributed by atoms with Crippen molar-refractivity contribution in [3.05, 3.63) is 34.9 Å². The van der Waals surface area contributed by atoms with Gasteiger partial charge >= 0.3 is 0 Å². The number of benzene rings is 1. The van der Waals surface area contributed by atoms with Gasteiger partial charge in [-0.3, -0.25) is 4.90 Å². The maximum Gasteiger partial charge on any atom is 0.0239 e. The minimum Gasteiger partial charge on any atom is -0.312 e. The summed E-state index contributed by atoms with van der Waals surface area (Å²) < 4.78 is 0. The summed E-state index contributed by atoms with van der Waals surface area (Å²) in [7, 11) is 0. The van der Waals surface area contributed by atoms with E-state index in [1.807, 2.05) is 0 Å². The van der Waals surface area contributed by atoms with Crippen molar-refractivity contribution in [3.8, 4) is 0 Å². The first-order valence-corrected chi connectivity index (χ1v) is 8.46. The Morgan fingerprint density at radius 2 is 2.10 bits per heavy atom. The second kappa shape index (κ2) is 5.50. The van der Waals surface area contributed by atoms with Crippen molar-refractivity contribution in [1.82, 2.24) is 10.2 Å². The molecule has 0 spiro atoms. The summed E-state index contributed by atoms with van der Waals surface area (Å²) in [5.74, 6) is 1.00. The summed E-state index contributed by atoms with van der Waals surface area (Å²) in [6.07, 6.45) is 8.52. The Labute approximate surface area is 122 Å². The summed E-state index contributed by atoms with van der Waals surface area (Å²) in [5, 5.41) is 3.49. The Hall–Kier alpha value is -0.860. The Bertz CT molecular complexity index is 482.